The summed E-state index contributed by atoms with van der Waals surface area (Å²) >= 11 is 9.22. The van der Waals surface area contributed by atoms with E-state index in [2.05, 4.69) is 9.97 Å². The predicted molar refractivity (Wildman–Crippen MR) is 92.8 cm³/mol. The van der Waals surface area contributed by atoms with Crippen molar-refractivity contribution >= 4 is 44.9 Å². The Morgan fingerprint density at radius 3 is 3.17 bits per heavy atom. The summed E-state index contributed by atoms with van der Waals surface area (Å²) in [5, 5.41) is 2.43. The number of fused-ring (bicyclic) bond motifs is 2. The Balaban J connectivity index is 1.47. The van der Waals surface area contributed by atoms with Crippen LogP contribution in [-0.4, -0.2) is 16.8 Å². The molecule has 3 heterocycles. The van der Waals surface area contributed by atoms with E-state index < -0.39 is 0 Å². The maximum absolute atomic E-state index is 11.9. The van der Waals surface area contributed by atoms with Gasteiger partial charge in [0, 0.05) is 5.75 Å². The van der Waals surface area contributed by atoms with E-state index in [4.69, 9.17) is 21.1 Å². The number of thioether (sulfide) groups is 1. The van der Waals surface area contributed by atoms with Crippen molar-refractivity contribution in [3.63, 3.8) is 0 Å². The van der Waals surface area contributed by atoms with E-state index in [1.54, 1.807) is 11.8 Å². The lowest BCUT2D eigenvalue weighted by Crippen LogP contribution is -2.09. The third-order valence-corrected chi connectivity index (χ3v) is 5.56. The fraction of sp³-hybridized carbons (Fsp3) is 0.200. The summed E-state index contributed by atoms with van der Waals surface area (Å²) in [7, 11) is 0. The molecule has 0 saturated heterocycles. The summed E-state index contributed by atoms with van der Waals surface area (Å²) < 4.78 is 11.3. The number of nitrogens with zero attached hydrogens (tertiary/aromatic N) is 1. The van der Waals surface area contributed by atoms with Gasteiger partial charge in [0.25, 0.3) is 5.56 Å². The molecular weight excluding hydrogens is 356 g/mol. The summed E-state index contributed by atoms with van der Waals surface area (Å²) in [6.45, 7) is 0.206. The van der Waals surface area contributed by atoms with Gasteiger partial charge in [-0.3, -0.25) is 4.79 Å². The van der Waals surface area contributed by atoms with Gasteiger partial charge in [0.2, 0.25) is 6.79 Å². The van der Waals surface area contributed by atoms with Crippen LogP contribution < -0.4 is 15.0 Å². The zero-order chi connectivity index (χ0) is 15.8. The molecule has 3 aromatic rings. The quantitative estimate of drug-likeness (QED) is 0.760. The van der Waals surface area contributed by atoms with Gasteiger partial charge in [-0.2, -0.15) is 0 Å². The van der Waals surface area contributed by atoms with Crippen LogP contribution in [0.2, 0.25) is 5.02 Å². The second kappa shape index (κ2) is 6.07. The number of benzene rings is 1. The fourth-order valence-corrected chi connectivity index (χ4v) is 4.21. The first-order valence-electron chi connectivity index (χ1n) is 6.83. The van der Waals surface area contributed by atoms with Crippen LogP contribution in [-0.2, 0) is 11.5 Å². The summed E-state index contributed by atoms with van der Waals surface area (Å²) in [6.07, 6.45) is 0. The van der Waals surface area contributed by atoms with Crippen molar-refractivity contribution in [2.75, 3.05) is 6.79 Å². The fourth-order valence-electron chi connectivity index (χ4n) is 2.36. The topological polar surface area (TPSA) is 64.2 Å². The van der Waals surface area contributed by atoms with Gasteiger partial charge < -0.3 is 14.5 Å². The van der Waals surface area contributed by atoms with Gasteiger partial charge in [0.15, 0.2) is 11.5 Å². The Morgan fingerprint density at radius 1 is 1.35 bits per heavy atom. The van der Waals surface area contributed by atoms with E-state index in [1.807, 2.05) is 23.6 Å². The Bertz CT molecular complexity index is 938. The number of nitrogens with one attached hydrogen (secondary N) is 1. The third kappa shape index (κ3) is 2.91. The second-order valence-corrected chi connectivity index (χ2v) is 7.26. The summed E-state index contributed by atoms with van der Waals surface area (Å²) in [5.41, 5.74) is 1.72. The minimum atomic E-state index is -0.0771. The highest BCUT2D eigenvalue weighted by Gasteiger charge is 2.18. The molecule has 0 fully saturated rings. The smallest absolute Gasteiger partial charge is 0.268 e. The molecule has 5 nitrogen and oxygen atoms in total. The number of aromatic amines is 1. The Hall–Kier alpha value is -1.70. The van der Waals surface area contributed by atoms with Crippen molar-refractivity contribution in [1.82, 2.24) is 9.97 Å². The number of ether oxygens (including phenoxy) is 2. The van der Waals surface area contributed by atoms with Gasteiger partial charge in [-0.05, 0) is 29.1 Å². The van der Waals surface area contributed by atoms with Crippen LogP contribution in [0, 0.1) is 0 Å². The highest BCUT2D eigenvalue weighted by atomic mass is 35.5. The first-order chi connectivity index (χ1) is 11.2. The largest absolute Gasteiger partial charge is 0.454 e. The lowest BCUT2D eigenvalue weighted by molar-refractivity contribution is 0.174. The van der Waals surface area contributed by atoms with Crippen molar-refractivity contribution in [3.05, 3.63) is 50.3 Å². The highest BCUT2D eigenvalue weighted by molar-refractivity contribution is 7.97. The lowest BCUT2D eigenvalue weighted by Gasteiger charge is -2.05. The van der Waals surface area contributed by atoms with Crippen LogP contribution in [0.5, 0.6) is 11.5 Å². The molecule has 1 aromatic carbocycles. The van der Waals surface area contributed by atoms with Crippen LogP contribution in [0.25, 0.3) is 10.2 Å². The van der Waals surface area contributed by atoms with Crippen molar-refractivity contribution < 1.29 is 9.47 Å². The van der Waals surface area contributed by atoms with Crippen LogP contribution in [0.4, 0.5) is 0 Å². The molecule has 0 unspecified atom stereocenters. The average Bonchev–Trinajstić information content (AvgIpc) is 3.16. The van der Waals surface area contributed by atoms with Gasteiger partial charge in [-0.1, -0.05) is 11.6 Å². The Kier molecular flexibility index (Phi) is 3.92. The molecule has 0 spiro atoms. The zero-order valence-electron chi connectivity index (χ0n) is 11.8. The lowest BCUT2D eigenvalue weighted by atomic mass is 10.2. The van der Waals surface area contributed by atoms with E-state index in [1.165, 1.54) is 11.3 Å². The van der Waals surface area contributed by atoms with Gasteiger partial charge in [0.05, 0.1) is 16.3 Å². The molecule has 0 amide bonds. The molecule has 1 aliphatic rings. The number of thiophene rings is 1. The van der Waals surface area contributed by atoms with Crippen molar-refractivity contribution in [2.45, 2.75) is 11.5 Å². The van der Waals surface area contributed by atoms with E-state index in [0.717, 1.165) is 16.8 Å². The Morgan fingerprint density at radius 2 is 2.26 bits per heavy atom. The minimum Gasteiger partial charge on any atom is -0.454 e. The van der Waals surface area contributed by atoms with Crippen molar-refractivity contribution in [1.29, 1.82) is 0 Å². The first kappa shape index (κ1) is 14.9. The standard InChI is InChI=1S/C15H11ClN2O3S2/c16-9-3-8(4-11-13(9)21-7-20-11)5-22-6-12-17-10-1-2-23-14(10)15(19)18-12/h1-4H,5-7H2,(H,17,18,19). The number of hydrogen-bond donors (Lipinski definition) is 1. The van der Waals surface area contributed by atoms with Gasteiger partial charge in [-0.15, -0.1) is 23.1 Å². The minimum absolute atomic E-state index is 0.0771. The molecule has 0 atom stereocenters. The van der Waals surface area contributed by atoms with E-state index >= 15 is 0 Å². The number of rotatable bonds is 4. The maximum atomic E-state index is 11.9. The molecule has 23 heavy (non-hydrogen) atoms. The molecule has 1 aliphatic heterocycles. The molecule has 4 rings (SSSR count). The molecule has 8 heteroatoms. The first-order valence-corrected chi connectivity index (χ1v) is 9.24. The second-order valence-electron chi connectivity index (χ2n) is 4.95. The van der Waals surface area contributed by atoms with Crippen LogP contribution in [0.1, 0.15) is 11.4 Å². The van der Waals surface area contributed by atoms with Crippen molar-refractivity contribution in [2.24, 2.45) is 0 Å². The molecule has 118 valence electrons. The van der Waals surface area contributed by atoms with E-state index in [9.17, 15) is 4.79 Å². The van der Waals surface area contributed by atoms with Crippen LogP contribution in [0.15, 0.2) is 28.4 Å². The SMILES string of the molecule is O=c1[nH]c(CSCc2cc(Cl)c3c(c2)OCO3)nc2ccsc12. The van der Waals surface area contributed by atoms with E-state index in [-0.39, 0.29) is 12.4 Å². The number of halogens is 1. The number of H-pyrrole nitrogens is 1. The predicted octanol–water partition coefficient (Wildman–Crippen LogP) is 3.80. The molecule has 0 saturated carbocycles. The highest BCUT2D eigenvalue weighted by Crippen LogP contribution is 2.40. The van der Waals surface area contributed by atoms with Crippen molar-refractivity contribution in [3.8, 4) is 11.5 Å². The normalized spacial score (nSPS) is 12.9. The molecule has 0 bridgehead atoms. The summed E-state index contributed by atoms with van der Waals surface area (Å²) in [4.78, 5) is 19.2. The van der Waals surface area contributed by atoms with Crippen LogP contribution >= 0.6 is 34.7 Å². The van der Waals surface area contributed by atoms with Crippen LogP contribution in [0.3, 0.4) is 0 Å². The monoisotopic (exact) mass is 366 g/mol. The summed E-state index contributed by atoms with van der Waals surface area (Å²) in [6, 6.07) is 5.67. The molecular formula is C15H11ClN2O3S2. The number of aromatic nitrogens is 2. The van der Waals surface area contributed by atoms with Gasteiger partial charge in [0.1, 0.15) is 10.5 Å². The Labute approximate surface area is 144 Å². The molecule has 0 aliphatic carbocycles. The van der Waals surface area contributed by atoms with E-state index in [0.29, 0.717) is 32.8 Å². The zero-order valence-corrected chi connectivity index (χ0v) is 14.2. The average molecular weight is 367 g/mol. The number of hydrogen-bond acceptors (Lipinski definition) is 6. The van der Waals surface area contributed by atoms with Gasteiger partial charge >= 0.3 is 0 Å². The summed E-state index contributed by atoms with van der Waals surface area (Å²) in [5.74, 6) is 3.32. The molecule has 1 N–H and O–H groups in total. The molecule has 0 radical (unpaired) electrons. The molecule has 2 aromatic heterocycles. The third-order valence-electron chi connectivity index (χ3n) is 3.36. The van der Waals surface area contributed by atoms with Gasteiger partial charge in [-0.25, -0.2) is 4.98 Å². The maximum Gasteiger partial charge on any atom is 0.268 e.